The summed E-state index contributed by atoms with van der Waals surface area (Å²) in [6.07, 6.45) is 8.62. The van der Waals surface area contributed by atoms with Crippen molar-refractivity contribution in [1.82, 2.24) is 9.80 Å². The van der Waals surface area contributed by atoms with Gasteiger partial charge in [0.05, 0.1) is 0 Å². The third-order valence-electron chi connectivity index (χ3n) is 5.04. The van der Waals surface area contributed by atoms with Crippen molar-refractivity contribution in [3.63, 3.8) is 0 Å². The van der Waals surface area contributed by atoms with Gasteiger partial charge >= 0.3 is 0 Å². The number of piperazine rings is 1. The van der Waals surface area contributed by atoms with Gasteiger partial charge in [0, 0.05) is 43.8 Å². The standard InChI is InChI=1S/C18H27ClN2/c19-17-7-5-6-16(14-17)15-20-10-12-21(13-11-20)18-8-3-1-2-4-9-18/h5-7,14,18H,1-4,8-13,15H2. The van der Waals surface area contributed by atoms with Crippen LogP contribution in [0.15, 0.2) is 24.3 Å². The Kier molecular flexibility index (Phi) is 5.56. The molecule has 116 valence electrons. The fraction of sp³-hybridized carbons (Fsp3) is 0.667. The van der Waals surface area contributed by atoms with Gasteiger partial charge in [0.1, 0.15) is 0 Å². The molecule has 2 nitrogen and oxygen atoms in total. The van der Waals surface area contributed by atoms with Crippen molar-refractivity contribution in [1.29, 1.82) is 0 Å². The fourth-order valence-corrected chi connectivity index (χ4v) is 4.02. The lowest BCUT2D eigenvalue weighted by Crippen LogP contribution is -2.49. The van der Waals surface area contributed by atoms with E-state index in [1.807, 2.05) is 6.07 Å². The molecule has 1 aliphatic heterocycles. The third-order valence-corrected chi connectivity index (χ3v) is 5.28. The quantitative estimate of drug-likeness (QED) is 0.773. The van der Waals surface area contributed by atoms with Crippen molar-refractivity contribution in [2.45, 2.75) is 51.1 Å². The minimum atomic E-state index is 0.851. The number of benzene rings is 1. The summed E-state index contributed by atoms with van der Waals surface area (Å²) in [5, 5.41) is 0.851. The summed E-state index contributed by atoms with van der Waals surface area (Å²) in [6, 6.07) is 9.15. The van der Waals surface area contributed by atoms with Crippen LogP contribution in [0.1, 0.15) is 44.1 Å². The van der Waals surface area contributed by atoms with Gasteiger partial charge in [0.25, 0.3) is 0 Å². The maximum absolute atomic E-state index is 6.08. The minimum absolute atomic E-state index is 0.851. The van der Waals surface area contributed by atoms with Crippen LogP contribution >= 0.6 is 11.6 Å². The first-order chi connectivity index (χ1) is 10.3. The lowest BCUT2D eigenvalue weighted by molar-refractivity contribution is 0.0851. The molecule has 0 N–H and O–H groups in total. The zero-order valence-corrected chi connectivity index (χ0v) is 13.7. The average molecular weight is 307 g/mol. The lowest BCUT2D eigenvalue weighted by atomic mass is 10.1. The highest BCUT2D eigenvalue weighted by Crippen LogP contribution is 2.23. The first kappa shape index (κ1) is 15.3. The van der Waals surface area contributed by atoms with Crippen LogP contribution < -0.4 is 0 Å². The fourth-order valence-electron chi connectivity index (χ4n) is 3.80. The largest absolute Gasteiger partial charge is 0.298 e. The molecule has 2 fully saturated rings. The van der Waals surface area contributed by atoms with E-state index in [9.17, 15) is 0 Å². The van der Waals surface area contributed by atoms with E-state index in [2.05, 4.69) is 28.0 Å². The van der Waals surface area contributed by atoms with E-state index in [0.717, 1.165) is 17.6 Å². The van der Waals surface area contributed by atoms with Gasteiger partial charge in [-0.2, -0.15) is 0 Å². The van der Waals surface area contributed by atoms with Gasteiger partial charge in [0.15, 0.2) is 0 Å². The van der Waals surface area contributed by atoms with Crippen LogP contribution in [0.3, 0.4) is 0 Å². The molecule has 1 aromatic rings. The second-order valence-corrected chi connectivity index (χ2v) is 7.02. The number of halogens is 1. The Morgan fingerprint density at radius 1 is 0.952 bits per heavy atom. The Bertz CT molecular complexity index is 433. The molecule has 1 heterocycles. The van der Waals surface area contributed by atoms with E-state index < -0.39 is 0 Å². The molecule has 0 atom stereocenters. The molecule has 1 aromatic carbocycles. The molecule has 1 saturated heterocycles. The van der Waals surface area contributed by atoms with Crippen LogP contribution in [0, 0.1) is 0 Å². The van der Waals surface area contributed by atoms with Crippen LogP contribution in [-0.2, 0) is 6.54 Å². The maximum atomic E-state index is 6.08. The summed E-state index contributed by atoms with van der Waals surface area (Å²) in [4.78, 5) is 5.32. The Labute approximate surface area is 134 Å². The van der Waals surface area contributed by atoms with E-state index >= 15 is 0 Å². The molecule has 0 unspecified atom stereocenters. The summed E-state index contributed by atoms with van der Waals surface area (Å²) < 4.78 is 0. The van der Waals surface area contributed by atoms with Crippen molar-refractivity contribution in [3.05, 3.63) is 34.9 Å². The van der Waals surface area contributed by atoms with Crippen molar-refractivity contribution >= 4 is 11.6 Å². The molecule has 3 rings (SSSR count). The maximum Gasteiger partial charge on any atom is 0.0409 e. The molecule has 3 heteroatoms. The highest BCUT2D eigenvalue weighted by Gasteiger charge is 2.24. The Hall–Kier alpha value is -0.570. The van der Waals surface area contributed by atoms with Gasteiger partial charge in [-0.05, 0) is 30.5 Å². The van der Waals surface area contributed by atoms with Crippen LogP contribution in [0.4, 0.5) is 0 Å². The van der Waals surface area contributed by atoms with Crippen LogP contribution in [-0.4, -0.2) is 42.0 Å². The van der Waals surface area contributed by atoms with Gasteiger partial charge < -0.3 is 0 Å². The monoisotopic (exact) mass is 306 g/mol. The molecular formula is C18H27ClN2. The first-order valence-electron chi connectivity index (χ1n) is 8.52. The van der Waals surface area contributed by atoms with Gasteiger partial charge in [-0.3, -0.25) is 9.80 Å². The second kappa shape index (κ2) is 7.62. The number of nitrogens with zero attached hydrogens (tertiary/aromatic N) is 2. The SMILES string of the molecule is Clc1cccc(CN2CCN(C3CCCCCC3)CC2)c1. The normalized spacial score (nSPS) is 23.1. The predicted octanol–water partition coefficient (Wildman–Crippen LogP) is 4.18. The summed E-state index contributed by atoms with van der Waals surface area (Å²) in [6.45, 7) is 5.92. The molecule has 0 aromatic heterocycles. The highest BCUT2D eigenvalue weighted by molar-refractivity contribution is 6.30. The Morgan fingerprint density at radius 2 is 1.67 bits per heavy atom. The van der Waals surface area contributed by atoms with Gasteiger partial charge in [-0.15, -0.1) is 0 Å². The van der Waals surface area contributed by atoms with Gasteiger partial charge in [0.2, 0.25) is 0 Å². The van der Waals surface area contributed by atoms with Crippen LogP contribution in [0.5, 0.6) is 0 Å². The first-order valence-corrected chi connectivity index (χ1v) is 8.90. The summed E-state index contributed by atoms with van der Waals surface area (Å²) in [5.74, 6) is 0. The highest BCUT2D eigenvalue weighted by atomic mass is 35.5. The lowest BCUT2D eigenvalue weighted by Gasteiger charge is -2.39. The number of rotatable bonds is 3. The smallest absolute Gasteiger partial charge is 0.0409 e. The Morgan fingerprint density at radius 3 is 2.33 bits per heavy atom. The molecule has 0 bridgehead atoms. The zero-order valence-electron chi connectivity index (χ0n) is 12.9. The molecule has 2 aliphatic rings. The van der Waals surface area contributed by atoms with E-state index in [0.29, 0.717) is 0 Å². The summed E-state index contributed by atoms with van der Waals surface area (Å²) >= 11 is 6.08. The molecule has 0 radical (unpaired) electrons. The molecular weight excluding hydrogens is 280 g/mol. The molecule has 1 aliphatic carbocycles. The van der Waals surface area contributed by atoms with E-state index in [4.69, 9.17) is 11.6 Å². The molecule has 0 amide bonds. The van der Waals surface area contributed by atoms with Gasteiger partial charge in [-0.1, -0.05) is 49.4 Å². The average Bonchev–Trinajstić information content (AvgIpc) is 2.77. The van der Waals surface area contributed by atoms with Crippen molar-refractivity contribution in [3.8, 4) is 0 Å². The number of hydrogen-bond donors (Lipinski definition) is 0. The van der Waals surface area contributed by atoms with E-state index in [1.165, 1.54) is 70.3 Å². The van der Waals surface area contributed by atoms with Crippen molar-refractivity contribution in [2.75, 3.05) is 26.2 Å². The summed E-state index contributed by atoms with van der Waals surface area (Å²) in [7, 11) is 0. The minimum Gasteiger partial charge on any atom is -0.298 e. The zero-order chi connectivity index (χ0) is 14.5. The van der Waals surface area contributed by atoms with E-state index in [1.54, 1.807) is 0 Å². The predicted molar refractivity (Wildman–Crippen MR) is 89.8 cm³/mol. The summed E-state index contributed by atoms with van der Waals surface area (Å²) in [5.41, 5.74) is 1.34. The van der Waals surface area contributed by atoms with Crippen LogP contribution in [0.25, 0.3) is 0 Å². The van der Waals surface area contributed by atoms with Crippen molar-refractivity contribution < 1.29 is 0 Å². The van der Waals surface area contributed by atoms with Crippen molar-refractivity contribution in [2.24, 2.45) is 0 Å². The molecule has 21 heavy (non-hydrogen) atoms. The third kappa shape index (κ3) is 4.45. The number of hydrogen-bond acceptors (Lipinski definition) is 2. The van der Waals surface area contributed by atoms with Gasteiger partial charge in [-0.25, -0.2) is 0 Å². The Balaban J connectivity index is 1.48. The molecule has 0 spiro atoms. The van der Waals surface area contributed by atoms with Crippen LogP contribution in [0.2, 0.25) is 5.02 Å². The topological polar surface area (TPSA) is 6.48 Å². The molecule has 1 saturated carbocycles. The van der Waals surface area contributed by atoms with E-state index in [-0.39, 0.29) is 0 Å². The second-order valence-electron chi connectivity index (χ2n) is 6.59.